The van der Waals surface area contributed by atoms with Crippen LogP contribution in [0.5, 0.6) is 0 Å². The minimum atomic E-state index is -0.163. The fraction of sp³-hybridized carbons (Fsp3) is 0.400. The summed E-state index contributed by atoms with van der Waals surface area (Å²) in [6.07, 6.45) is 1.88. The number of rotatable bonds is 0. The number of nitrogen functional groups attached to an aromatic ring is 1. The molecule has 0 saturated carbocycles. The van der Waals surface area contributed by atoms with Gasteiger partial charge in [-0.15, -0.1) is 0 Å². The van der Waals surface area contributed by atoms with E-state index in [4.69, 9.17) is 5.73 Å². The van der Waals surface area contributed by atoms with Crippen LogP contribution >= 0.6 is 0 Å². The van der Waals surface area contributed by atoms with Crippen molar-refractivity contribution in [1.82, 2.24) is 9.55 Å². The maximum Gasteiger partial charge on any atom is 0.312 e. The van der Waals surface area contributed by atoms with Crippen molar-refractivity contribution in [3.05, 3.63) is 22.6 Å². The Labute approximate surface area is 86.9 Å². The van der Waals surface area contributed by atoms with E-state index in [1.807, 2.05) is 10.8 Å². The Kier molecular flexibility index (Phi) is 1.86. The summed E-state index contributed by atoms with van der Waals surface area (Å²) in [5.41, 5.74) is 6.08. The van der Waals surface area contributed by atoms with Crippen molar-refractivity contribution in [2.24, 2.45) is 0 Å². The SMILES string of the molecule is CC(C)(C)n1ccc2c(=O)[nH]c(N)[nH+]c21. The fourth-order valence-corrected chi connectivity index (χ4v) is 1.65. The first kappa shape index (κ1) is 9.76. The monoisotopic (exact) mass is 207 g/mol. The summed E-state index contributed by atoms with van der Waals surface area (Å²) < 4.78 is 1.99. The molecule has 0 aromatic carbocycles. The number of nitrogens with zero attached hydrogens (tertiary/aromatic N) is 1. The summed E-state index contributed by atoms with van der Waals surface area (Å²) in [5.74, 6) is 0.275. The second-order valence-corrected chi connectivity index (χ2v) is 4.61. The Bertz CT molecular complexity index is 559. The van der Waals surface area contributed by atoms with Crippen molar-refractivity contribution in [3.8, 4) is 0 Å². The summed E-state index contributed by atoms with van der Waals surface area (Å²) in [5, 5.41) is 0.624. The Morgan fingerprint density at radius 1 is 1.47 bits per heavy atom. The van der Waals surface area contributed by atoms with Crippen molar-refractivity contribution in [2.45, 2.75) is 26.3 Å². The molecule has 0 fully saturated rings. The maximum atomic E-state index is 11.6. The van der Waals surface area contributed by atoms with Gasteiger partial charge in [0.05, 0.1) is 5.54 Å². The van der Waals surface area contributed by atoms with E-state index in [9.17, 15) is 4.79 Å². The van der Waals surface area contributed by atoms with Crippen LogP contribution in [0, 0.1) is 0 Å². The number of H-pyrrole nitrogens is 2. The third-order valence-corrected chi connectivity index (χ3v) is 2.35. The maximum absolute atomic E-state index is 11.6. The van der Waals surface area contributed by atoms with Crippen LogP contribution in [0.25, 0.3) is 11.0 Å². The standard InChI is InChI=1S/C10H14N4O/c1-10(2,3)14-5-4-6-7(14)12-9(11)13-8(6)15/h4-5H,1-3H3,(H3,11,12,13,15)/p+1. The van der Waals surface area contributed by atoms with Gasteiger partial charge in [0.1, 0.15) is 5.39 Å². The van der Waals surface area contributed by atoms with Gasteiger partial charge < -0.3 is 5.73 Å². The highest BCUT2D eigenvalue weighted by Gasteiger charge is 2.21. The van der Waals surface area contributed by atoms with Crippen molar-refractivity contribution < 1.29 is 4.98 Å². The van der Waals surface area contributed by atoms with Crippen LogP contribution < -0.4 is 16.3 Å². The van der Waals surface area contributed by atoms with E-state index < -0.39 is 0 Å². The van der Waals surface area contributed by atoms with Gasteiger partial charge in [-0.2, -0.15) is 0 Å². The number of anilines is 1. The first-order chi connectivity index (χ1) is 6.89. The molecule has 0 radical (unpaired) electrons. The Morgan fingerprint density at radius 3 is 2.73 bits per heavy atom. The van der Waals surface area contributed by atoms with Gasteiger partial charge in [-0.1, -0.05) is 0 Å². The molecule has 2 heterocycles. The first-order valence-electron chi connectivity index (χ1n) is 4.82. The average Bonchev–Trinajstić information content (AvgIpc) is 2.45. The quantitative estimate of drug-likeness (QED) is 0.659. The van der Waals surface area contributed by atoms with Gasteiger partial charge in [-0.3, -0.25) is 9.36 Å². The minimum absolute atomic E-state index is 0.0848. The molecule has 0 amide bonds. The number of nitrogens with one attached hydrogen (secondary N) is 2. The summed E-state index contributed by atoms with van der Waals surface area (Å²) in [4.78, 5) is 17.1. The van der Waals surface area contributed by atoms with Crippen LogP contribution in [0.2, 0.25) is 0 Å². The lowest BCUT2D eigenvalue weighted by molar-refractivity contribution is -0.336. The molecule has 0 bridgehead atoms. The Hall–Kier alpha value is -1.78. The van der Waals surface area contributed by atoms with Crippen molar-refractivity contribution in [3.63, 3.8) is 0 Å². The predicted molar refractivity (Wildman–Crippen MR) is 58.5 cm³/mol. The third-order valence-electron chi connectivity index (χ3n) is 2.35. The van der Waals surface area contributed by atoms with Crippen LogP contribution in [-0.2, 0) is 5.54 Å². The van der Waals surface area contributed by atoms with E-state index in [1.54, 1.807) is 6.07 Å². The zero-order valence-electron chi connectivity index (χ0n) is 9.09. The number of hydrogen-bond acceptors (Lipinski definition) is 2. The molecule has 15 heavy (non-hydrogen) atoms. The number of nitrogens with two attached hydrogens (primary N) is 1. The van der Waals surface area contributed by atoms with Gasteiger partial charge in [0.15, 0.2) is 0 Å². The molecule has 5 heteroatoms. The lowest BCUT2D eigenvalue weighted by Gasteiger charge is -2.18. The van der Waals surface area contributed by atoms with E-state index >= 15 is 0 Å². The molecule has 0 aliphatic rings. The van der Waals surface area contributed by atoms with Crippen molar-refractivity contribution in [1.29, 1.82) is 0 Å². The molecule has 0 aliphatic carbocycles. The molecule has 0 unspecified atom stereocenters. The molecule has 80 valence electrons. The molecule has 0 aliphatic heterocycles. The lowest BCUT2D eigenvalue weighted by atomic mass is 10.1. The van der Waals surface area contributed by atoms with Crippen molar-refractivity contribution in [2.75, 3.05) is 5.73 Å². The van der Waals surface area contributed by atoms with E-state index in [0.717, 1.165) is 5.65 Å². The molecule has 0 saturated heterocycles. The second-order valence-electron chi connectivity index (χ2n) is 4.61. The van der Waals surface area contributed by atoms with Gasteiger partial charge in [0.2, 0.25) is 5.65 Å². The topological polar surface area (TPSA) is 78.0 Å². The lowest BCUT2D eigenvalue weighted by Crippen LogP contribution is -2.28. The summed E-state index contributed by atoms with van der Waals surface area (Å²) in [7, 11) is 0. The molecule has 0 spiro atoms. The zero-order chi connectivity index (χ0) is 11.2. The van der Waals surface area contributed by atoms with E-state index in [2.05, 4.69) is 30.7 Å². The van der Waals surface area contributed by atoms with Gasteiger partial charge in [-0.05, 0) is 26.8 Å². The van der Waals surface area contributed by atoms with E-state index in [1.165, 1.54) is 0 Å². The number of hydrogen-bond donors (Lipinski definition) is 2. The minimum Gasteiger partial charge on any atom is -0.310 e. The summed E-state index contributed by atoms with van der Waals surface area (Å²) >= 11 is 0. The molecule has 0 atom stereocenters. The van der Waals surface area contributed by atoms with Crippen LogP contribution in [0.15, 0.2) is 17.1 Å². The highest BCUT2D eigenvalue weighted by molar-refractivity contribution is 5.72. The van der Waals surface area contributed by atoms with Crippen LogP contribution in [0.3, 0.4) is 0 Å². The Morgan fingerprint density at radius 2 is 2.13 bits per heavy atom. The number of aromatic nitrogens is 3. The van der Waals surface area contributed by atoms with Gasteiger partial charge in [0.25, 0.3) is 0 Å². The van der Waals surface area contributed by atoms with Crippen LogP contribution in [0.1, 0.15) is 20.8 Å². The highest BCUT2D eigenvalue weighted by atomic mass is 16.1. The molecular weight excluding hydrogens is 192 g/mol. The highest BCUT2D eigenvalue weighted by Crippen LogP contribution is 2.18. The largest absolute Gasteiger partial charge is 0.312 e. The first-order valence-corrected chi connectivity index (χ1v) is 4.82. The third kappa shape index (κ3) is 1.49. The van der Waals surface area contributed by atoms with Crippen LogP contribution in [0.4, 0.5) is 5.95 Å². The molecular formula is C10H15N4O+. The van der Waals surface area contributed by atoms with Gasteiger partial charge >= 0.3 is 11.5 Å². The van der Waals surface area contributed by atoms with Crippen LogP contribution in [-0.4, -0.2) is 9.55 Å². The molecule has 2 aromatic rings. The van der Waals surface area contributed by atoms with Gasteiger partial charge in [-0.25, -0.2) is 9.97 Å². The van der Waals surface area contributed by atoms with E-state index in [0.29, 0.717) is 5.39 Å². The molecule has 2 rings (SSSR count). The smallest absolute Gasteiger partial charge is 0.310 e. The average molecular weight is 207 g/mol. The Balaban J connectivity index is 2.86. The normalized spacial score (nSPS) is 12.2. The zero-order valence-corrected chi connectivity index (χ0v) is 9.09. The predicted octanol–water partition coefficient (Wildman–Crippen LogP) is 0.481. The fourth-order valence-electron chi connectivity index (χ4n) is 1.65. The molecule has 5 nitrogen and oxygen atoms in total. The number of aromatic amines is 2. The van der Waals surface area contributed by atoms with Gasteiger partial charge in [0, 0.05) is 6.20 Å². The number of fused-ring (bicyclic) bond motifs is 1. The second kappa shape index (κ2) is 2.85. The van der Waals surface area contributed by atoms with E-state index in [-0.39, 0.29) is 17.0 Å². The summed E-state index contributed by atoms with van der Waals surface area (Å²) in [6, 6.07) is 1.79. The van der Waals surface area contributed by atoms with Crippen molar-refractivity contribution >= 4 is 17.0 Å². The molecule has 2 aromatic heterocycles. The summed E-state index contributed by atoms with van der Waals surface area (Å²) in [6.45, 7) is 6.20. The molecule has 4 N–H and O–H groups in total.